The minimum atomic E-state index is -0.515. The molecular weight excluding hydrogens is 476 g/mol. The number of anilines is 2. The molecule has 0 saturated heterocycles. The molecule has 0 spiro atoms. The van der Waals surface area contributed by atoms with Gasteiger partial charge in [0, 0.05) is 34.9 Å². The molecule has 0 atom stereocenters. The first-order chi connectivity index (χ1) is 18.2. The van der Waals surface area contributed by atoms with Gasteiger partial charge in [-0.05, 0) is 47.6 Å². The Bertz CT molecular complexity index is 1500. The monoisotopic (exact) mass is 512 g/mol. The largest absolute Gasteiger partial charge is 0.507 e. The van der Waals surface area contributed by atoms with Crippen LogP contribution in [0.2, 0.25) is 0 Å². The van der Waals surface area contributed by atoms with Gasteiger partial charge in [-0.3, -0.25) is 9.36 Å². The molecule has 2 amide bonds. The Morgan fingerprint density at radius 2 is 1.58 bits per heavy atom. The van der Waals surface area contributed by atoms with Crippen molar-refractivity contribution in [2.45, 2.75) is 65.8 Å². The van der Waals surface area contributed by atoms with Crippen molar-refractivity contribution in [1.82, 2.24) is 9.55 Å². The molecule has 38 heavy (non-hydrogen) atoms. The van der Waals surface area contributed by atoms with Gasteiger partial charge in [0.15, 0.2) is 0 Å². The molecular formula is C31H36N4O3. The number of carbonyl (C=O) groups is 1. The Morgan fingerprint density at radius 1 is 0.921 bits per heavy atom. The molecule has 2 aromatic heterocycles. The lowest BCUT2D eigenvalue weighted by atomic mass is 9.93. The van der Waals surface area contributed by atoms with E-state index in [4.69, 9.17) is 0 Å². The van der Waals surface area contributed by atoms with E-state index in [-0.39, 0.29) is 28.8 Å². The number of aryl methyl sites for hydroxylation is 1. The number of nitrogens with zero attached hydrogens (tertiary/aromatic N) is 2. The van der Waals surface area contributed by atoms with Gasteiger partial charge < -0.3 is 15.7 Å². The molecule has 7 nitrogen and oxygen atoms in total. The predicted molar refractivity (Wildman–Crippen MR) is 155 cm³/mol. The number of aromatic hydroxyl groups is 1. The van der Waals surface area contributed by atoms with Gasteiger partial charge in [0.1, 0.15) is 17.1 Å². The number of aromatic nitrogens is 2. The molecule has 0 radical (unpaired) electrons. The Balaban J connectivity index is 1.90. The number of carbonyl (C=O) groups excluding carboxylic acids is 1. The highest BCUT2D eigenvalue weighted by Gasteiger charge is 2.23. The normalized spacial score (nSPS) is 11.3. The fourth-order valence-electron chi connectivity index (χ4n) is 4.84. The minimum absolute atomic E-state index is 0.0130. The van der Waals surface area contributed by atoms with Crippen molar-refractivity contribution in [3.05, 3.63) is 82.3 Å². The van der Waals surface area contributed by atoms with Gasteiger partial charge >= 0.3 is 6.03 Å². The third kappa shape index (κ3) is 5.28. The number of hydrogen-bond donors (Lipinski definition) is 3. The molecule has 0 saturated carbocycles. The molecule has 0 aliphatic heterocycles. The van der Waals surface area contributed by atoms with E-state index in [1.165, 1.54) is 0 Å². The van der Waals surface area contributed by atoms with Crippen LogP contribution in [0.4, 0.5) is 16.2 Å². The van der Waals surface area contributed by atoms with Crippen molar-refractivity contribution >= 4 is 28.4 Å². The summed E-state index contributed by atoms with van der Waals surface area (Å²) in [6.07, 6.45) is 3.33. The summed E-state index contributed by atoms with van der Waals surface area (Å²) in [7, 11) is 0. The summed E-state index contributed by atoms with van der Waals surface area (Å²) in [6, 6.07) is 16.0. The maximum Gasteiger partial charge on any atom is 0.323 e. The lowest BCUT2D eigenvalue weighted by Crippen LogP contribution is -2.30. The lowest BCUT2D eigenvalue weighted by Gasteiger charge is -2.22. The van der Waals surface area contributed by atoms with Crippen molar-refractivity contribution in [3.8, 4) is 16.9 Å². The summed E-state index contributed by atoms with van der Waals surface area (Å²) in [4.78, 5) is 32.0. The van der Waals surface area contributed by atoms with Crippen LogP contribution in [0.15, 0.2) is 65.6 Å². The number of urea groups is 1. The summed E-state index contributed by atoms with van der Waals surface area (Å²) in [5.74, 6) is 0.400. The summed E-state index contributed by atoms with van der Waals surface area (Å²) in [5, 5.41) is 17.3. The first-order valence-electron chi connectivity index (χ1n) is 13.2. The van der Waals surface area contributed by atoms with Crippen molar-refractivity contribution < 1.29 is 9.90 Å². The highest BCUT2D eigenvalue weighted by atomic mass is 16.3. The number of pyridine rings is 2. The molecule has 4 rings (SSSR count). The van der Waals surface area contributed by atoms with E-state index < -0.39 is 6.03 Å². The summed E-state index contributed by atoms with van der Waals surface area (Å²) in [5.41, 5.74) is 3.96. The molecule has 0 fully saturated rings. The van der Waals surface area contributed by atoms with Crippen molar-refractivity contribution in [1.29, 1.82) is 0 Å². The van der Waals surface area contributed by atoms with Crippen LogP contribution in [0, 0.1) is 0 Å². The Hall–Kier alpha value is -4.13. The van der Waals surface area contributed by atoms with Gasteiger partial charge in [-0.2, -0.15) is 0 Å². The van der Waals surface area contributed by atoms with Gasteiger partial charge in [0.2, 0.25) is 0 Å². The van der Waals surface area contributed by atoms with Crippen molar-refractivity contribution in [2.24, 2.45) is 0 Å². The predicted octanol–water partition coefficient (Wildman–Crippen LogP) is 7.46. The molecule has 2 aromatic carbocycles. The molecule has 0 aliphatic rings. The maximum atomic E-state index is 13.9. The molecule has 7 heteroatoms. The van der Waals surface area contributed by atoms with Crippen LogP contribution in [0.1, 0.15) is 70.4 Å². The second kappa shape index (κ2) is 11.5. The van der Waals surface area contributed by atoms with Crippen LogP contribution in [0.5, 0.6) is 5.75 Å². The maximum absolute atomic E-state index is 13.9. The second-order valence-corrected chi connectivity index (χ2v) is 10.2. The van der Waals surface area contributed by atoms with Gasteiger partial charge in [0.05, 0.1) is 0 Å². The van der Waals surface area contributed by atoms with E-state index >= 15 is 0 Å². The molecule has 0 aliphatic carbocycles. The number of nitrogens with one attached hydrogen (secondary N) is 2. The number of amides is 2. The number of fused-ring (bicyclic) bond motifs is 1. The zero-order valence-corrected chi connectivity index (χ0v) is 22.7. The molecule has 2 heterocycles. The topological polar surface area (TPSA) is 96.2 Å². The Morgan fingerprint density at radius 3 is 2.21 bits per heavy atom. The number of hydrogen-bond acceptors (Lipinski definition) is 4. The minimum Gasteiger partial charge on any atom is -0.507 e. The summed E-state index contributed by atoms with van der Waals surface area (Å²) >= 11 is 0. The van der Waals surface area contributed by atoms with Gasteiger partial charge in [-0.1, -0.05) is 77.4 Å². The number of benzene rings is 2. The first kappa shape index (κ1) is 26.9. The van der Waals surface area contributed by atoms with Crippen molar-refractivity contribution in [3.63, 3.8) is 0 Å². The number of phenolic OH excluding ortho intramolecular Hbond substituents is 1. The van der Waals surface area contributed by atoms with Crippen LogP contribution in [0.25, 0.3) is 22.2 Å². The molecule has 198 valence electrons. The number of rotatable bonds is 8. The number of phenols is 1. The zero-order valence-electron chi connectivity index (χ0n) is 22.7. The third-order valence-corrected chi connectivity index (χ3v) is 6.78. The summed E-state index contributed by atoms with van der Waals surface area (Å²) < 4.78 is 1.61. The number of unbranched alkanes of at least 4 members (excludes halogenated alkanes) is 1. The fraction of sp³-hybridized carbons (Fsp3) is 0.323. The SMILES string of the molecule is CCCCn1c(=O)c(NC(=O)Nc2c(C(C)C)cccc2C(C)C)c(-c2ccccc2O)c2cccnc21. The number of para-hydroxylation sites is 2. The second-order valence-electron chi connectivity index (χ2n) is 10.2. The van der Waals surface area contributed by atoms with E-state index in [0.29, 0.717) is 28.7 Å². The zero-order chi connectivity index (χ0) is 27.4. The Kier molecular flexibility index (Phi) is 8.15. The van der Waals surface area contributed by atoms with Crippen LogP contribution in [-0.4, -0.2) is 20.7 Å². The average Bonchev–Trinajstić information content (AvgIpc) is 2.89. The average molecular weight is 513 g/mol. The molecule has 4 aromatic rings. The van der Waals surface area contributed by atoms with Crippen LogP contribution >= 0.6 is 0 Å². The molecule has 0 bridgehead atoms. The highest BCUT2D eigenvalue weighted by Crippen LogP contribution is 2.38. The van der Waals surface area contributed by atoms with Gasteiger partial charge in [-0.25, -0.2) is 9.78 Å². The lowest BCUT2D eigenvalue weighted by molar-refractivity contribution is 0.262. The smallest absolute Gasteiger partial charge is 0.323 e. The van der Waals surface area contributed by atoms with Gasteiger partial charge in [0.25, 0.3) is 5.56 Å². The quantitative estimate of drug-likeness (QED) is 0.228. The third-order valence-electron chi connectivity index (χ3n) is 6.78. The Labute approximate surface area is 223 Å². The van der Waals surface area contributed by atoms with E-state index in [0.717, 1.165) is 29.7 Å². The fourth-order valence-corrected chi connectivity index (χ4v) is 4.84. The first-order valence-corrected chi connectivity index (χ1v) is 13.2. The summed E-state index contributed by atoms with van der Waals surface area (Å²) in [6.45, 7) is 10.9. The van der Waals surface area contributed by atoms with Crippen LogP contribution < -0.4 is 16.2 Å². The molecule has 0 unspecified atom stereocenters. The van der Waals surface area contributed by atoms with Crippen molar-refractivity contribution in [2.75, 3.05) is 10.6 Å². The van der Waals surface area contributed by atoms with E-state index in [1.54, 1.807) is 41.1 Å². The van der Waals surface area contributed by atoms with E-state index in [1.807, 2.05) is 24.3 Å². The van der Waals surface area contributed by atoms with E-state index in [2.05, 4.69) is 50.2 Å². The van der Waals surface area contributed by atoms with E-state index in [9.17, 15) is 14.7 Å². The highest BCUT2D eigenvalue weighted by molar-refractivity contribution is 6.08. The van der Waals surface area contributed by atoms with Crippen LogP contribution in [0.3, 0.4) is 0 Å². The molecule has 3 N–H and O–H groups in total. The van der Waals surface area contributed by atoms with Gasteiger partial charge in [-0.15, -0.1) is 0 Å². The van der Waals surface area contributed by atoms with Crippen LogP contribution in [-0.2, 0) is 6.54 Å². The standard InChI is InChI=1S/C31H36N4O3/c1-6-7-18-35-29-24(15-11-17-32-29)26(23-12-8-9-16-25(23)36)28(30(35)37)34-31(38)33-27-21(19(2)3)13-10-14-22(27)20(4)5/h8-17,19-20,36H,6-7,18H2,1-5H3,(H2,33,34,38).